The molecular weight excluding hydrogens is 623 g/mol. The molecule has 3 heteroatoms. The van der Waals surface area contributed by atoms with Gasteiger partial charge in [-0.3, -0.25) is 0 Å². The Balaban J connectivity index is 1.07. The third kappa shape index (κ3) is 4.32. The van der Waals surface area contributed by atoms with Gasteiger partial charge in [-0.15, -0.1) is 0 Å². The van der Waals surface area contributed by atoms with Gasteiger partial charge in [-0.2, -0.15) is 0 Å². The average molecular weight is 652 g/mol. The number of furan rings is 2. The molecule has 0 aliphatic rings. The van der Waals surface area contributed by atoms with Crippen molar-refractivity contribution in [2.24, 2.45) is 0 Å². The van der Waals surface area contributed by atoms with E-state index in [1.807, 2.05) is 24.3 Å². The lowest BCUT2D eigenvalue weighted by atomic mass is 9.92. The van der Waals surface area contributed by atoms with Crippen LogP contribution in [0.25, 0.3) is 87.3 Å². The number of fused-ring (bicyclic) bond motifs is 11. The molecule has 3 nitrogen and oxygen atoms in total. The summed E-state index contributed by atoms with van der Waals surface area (Å²) in [5.41, 5.74) is 8.94. The Kier molecular flexibility index (Phi) is 5.96. The van der Waals surface area contributed by atoms with Gasteiger partial charge in [-0.1, -0.05) is 115 Å². The lowest BCUT2D eigenvalue weighted by Crippen LogP contribution is -2.09. The lowest BCUT2D eigenvalue weighted by Gasteiger charge is -2.25. The predicted octanol–water partition coefficient (Wildman–Crippen LogP) is 14.1. The second-order valence-corrected chi connectivity index (χ2v) is 13.3. The number of para-hydroxylation sites is 2. The summed E-state index contributed by atoms with van der Waals surface area (Å²) >= 11 is 0. The van der Waals surface area contributed by atoms with Crippen molar-refractivity contribution in [3.8, 4) is 11.1 Å². The summed E-state index contributed by atoms with van der Waals surface area (Å²) in [6, 6.07) is 62.7. The van der Waals surface area contributed by atoms with Crippen LogP contribution >= 0.6 is 0 Å². The maximum absolute atomic E-state index is 6.36. The zero-order chi connectivity index (χ0) is 33.5. The van der Waals surface area contributed by atoms with E-state index in [4.69, 9.17) is 8.83 Å². The molecule has 0 saturated carbocycles. The number of benzene rings is 9. The molecule has 2 aromatic heterocycles. The van der Waals surface area contributed by atoms with E-state index in [0.717, 1.165) is 60.9 Å². The maximum Gasteiger partial charge on any atom is 0.137 e. The molecule has 0 atom stereocenters. The predicted molar refractivity (Wildman–Crippen MR) is 214 cm³/mol. The number of rotatable bonds is 4. The van der Waals surface area contributed by atoms with E-state index in [-0.39, 0.29) is 0 Å². The van der Waals surface area contributed by atoms with Crippen LogP contribution in [0.3, 0.4) is 0 Å². The molecule has 0 bridgehead atoms. The Morgan fingerprint density at radius 2 is 0.824 bits per heavy atom. The molecule has 0 N–H and O–H groups in total. The molecule has 0 amide bonds. The Hall–Kier alpha value is -6.84. The van der Waals surface area contributed by atoms with Gasteiger partial charge in [0.2, 0.25) is 0 Å². The number of hydrogen-bond donors (Lipinski definition) is 0. The Bertz CT molecular complexity index is 3030. The molecule has 0 unspecified atom stereocenters. The summed E-state index contributed by atoms with van der Waals surface area (Å²) in [7, 11) is 0. The Morgan fingerprint density at radius 1 is 0.314 bits per heavy atom. The van der Waals surface area contributed by atoms with Gasteiger partial charge in [0, 0.05) is 50.7 Å². The van der Waals surface area contributed by atoms with Crippen molar-refractivity contribution in [1.82, 2.24) is 0 Å². The van der Waals surface area contributed by atoms with Crippen LogP contribution in [0.4, 0.5) is 17.1 Å². The van der Waals surface area contributed by atoms with Crippen molar-refractivity contribution in [2.75, 3.05) is 4.90 Å². The topological polar surface area (TPSA) is 29.5 Å². The Labute approximate surface area is 293 Å². The summed E-state index contributed by atoms with van der Waals surface area (Å²) < 4.78 is 12.7. The molecular formula is C48H29NO2. The molecule has 51 heavy (non-hydrogen) atoms. The van der Waals surface area contributed by atoms with E-state index in [2.05, 4.69) is 157 Å². The van der Waals surface area contributed by atoms with Crippen molar-refractivity contribution in [2.45, 2.75) is 0 Å². The Morgan fingerprint density at radius 3 is 1.51 bits per heavy atom. The van der Waals surface area contributed by atoms with E-state index >= 15 is 0 Å². The van der Waals surface area contributed by atoms with E-state index < -0.39 is 0 Å². The minimum absolute atomic E-state index is 0.857. The summed E-state index contributed by atoms with van der Waals surface area (Å²) in [6.45, 7) is 0. The van der Waals surface area contributed by atoms with Gasteiger partial charge >= 0.3 is 0 Å². The fourth-order valence-corrected chi connectivity index (χ4v) is 8.06. The summed E-state index contributed by atoms with van der Waals surface area (Å²) in [5.74, 6) is 0. The van der Waals surface area contributed by atoms with Crippen molar-refractivity contribution < 1.29 is 8.83 Å². The largest absolute Gasteiger partial charge is 0.456 e. The summed E-state index contributed by atoms with van der Waals surface area (Å²) in [6.07, 6.45) is 0. The van der Waals surface area contributed by atoms with Crippen LogP contribution in [0.1, 0.15) is 0 Å². The third-order valence-corrected chi connectivity index (χ3v) is 10.4. The second-order valence-electron chi connectivity index (χ2n) is 13.3. The van der Waals surface area contributed by atoms with Crippen LogP contribution in [-0.2, 0) is 0 Å². The molecule has 0 aliphatic heterocycles. The van der Waals surface area contributed by atoms with Gasteiger partial charge in [0.1, 0.15) is 22.3 Å². The average Bonchev–Trinajstić information content (AvgIpc) is 3.75. The van der Waals surface area contributed by atoms with Crippen LogP contribution in [0.2, 0.25) is 0 Å². The molecule has 0 fully saturated rings. The van der Waals surface area contributed by atoms with Gasteiger partial charge in [-0.25, -0.2) is 0 Å². The highest BCUT2D eigenvalue weighted by atomic mass is 16.3. The van der Waals surface area contributed by atoms with Crippen molar-refractivity contribution in [1.29, 1.82) is 0 Å². The van der Waals surface area contributed by atoms with Gasteiger partial charge in [0.05, 0.1) is 0 Å². The SMILES string of the molecule is c1ccc2c(c1)ccc1ccc3c(-c4ccc(N(c5ccc6c(c5)oc5ccccc56)c5ccc6c(c5)oc5ccccc56)cc4)cccc3c12. The van der Waals surface area contributed by atoms with Crippen LogP contribution in [0.5, 0.6) is 0 Å². The smallest absolute Gasteiger partial charge is 0.137 e. The number of anilines is 3. The first-order valence-corrected chi connectivity index (χ1v) is 17.3. The van der Waals surface area contributed by atoms with E-state index in [0.29, 0.717) is 0 Å². The van der Waals surface area contributed by atoms with Gasteiger partial charge in [0.15, 0.2) is 0 Å². The minimum atomic E-state index is 0.857. The molecule has 0 saturated heterocycles. The molecule has 0 spiro atoms. The first-order chi connectivity index (χ1) is 25.3. The first-order valence-electron chi connectivity index (χ1n) is 17.3. The summed E-state index contributed by atoms with van der Waals surface area (Å²) in [4.78, 5) is 2.28. The number of hydrogen-bond acceptors (Lipinski definition) is 3. The first kappa shape index (κ1) is 28.0. The third-order valence-electron chi connectivity index (χ3n) is 10.4. The van der Waals surface area contributed by atoms with Gasteiger partial charge in [-0.05, 0) is 92.0 Å². The highest BCUT2D eigenvalue weighted by Gasteiger charge is 2.18. The van der Waals surface area contributed by atoms with Crippen molar-refractivity contribution in [3.05, 3.63) is 176 Å². The fraction of sp³-hybridized carbons (Fsp3) is 0. The molecule has 11 rings (SSSR count). The molecule has 0 aliphatic carbocycles. The van der Waals surface area contributed by atoms with E-state index in [1.165, 1.54) is 43.4 Å². The van der Waals surface area contributed by atoms with Crippen LogP contribution in [0.15, 0.2) is 185 Å². The standard InChI is InChI=1S/C48H29NO2/c1-2-9-37-30(8-1)16-17-32-20-25-38-36(12-7-13-43(38)48(32)37)31-18-21-33(22-19-31)49(34-23-26-41-39-10-3-5-14-44(39)50-46(41)28-34)35-24-27-42-40-11-4-6-15-45(40)51-47(42)29-35/h1-29H. The van der Waals surface area contributed by atoms with Crippen molar-refractivity contribution in [3.63, 3.8) is 0 Å². The highest BCUT2D eigenvalue weighted by molar-refractivity contribution is 6.22. The minimum Gasteiger partial charge on any atom is -0.456 e. The second kappa shape index (κ2) is 10.8. The molecule has 9 aromatic carbocycles. The molecule has 11 aromatic rings. The normalized spacial score (nSPS) is 11.9. The van der Waals surface area contributed by atoms with E-state index in [1.54, 1.807) is 0 Å². The number of nitrogens with zero attached hydrogens (tertiary/aromatic N) is 1. The highest BCUT2D eigenvalue weighted by Crippen LogP contribution is 2.42. The monoisotopic (exact) mass is 651 g/mol. The van der Waals surface area contributed by atoms with Crippen LogP contribution in [-0.4, -0.2) is 0 Å². The van der Waals surface area contributed by atoms with Crippen molar-refractivity contribution >= 4 is 93.3 Å². The zero-order valence-electron chi connectivity index (χ0n) is 27.5. The molecule has 238 valence electrons. The van der Waals surface area contributed by atoms with Gasteiger partial charge < -0.3 is 13.7 Å². The quantitative estimate of drug-likeness (QED) is 0.177. The molecule has 2 heterocycles. The molecule has 0 radical (unpaired) electrons. The zero-order valence-corrected chi connectivity index (χ0v) is 27.5. The van der Waals surface area contributed by atoms with Crippen LogP contribution in [0, 0.1) is 0 Å². The van der Waals surface area contributed by atoms with Crippen LogP contribution < -0.4 is 4.90 Å². The van der Waals surface area contributed by atoms with Gasteiger partial charge in [0.25, 0.3) is 0 Å². The lowest BCUT2D eigenvalue weighted by molar-refractivity contribution is 0.669. The van der Waals surface area contributed by atoms with E-state index in [9.17, 15) is 0 Å². The fourth-order valence-electron chi connectivity index (χ4n) is 8.06. The maximum atomic E-state index is 6.36. The summed E-state index contributed by atoms with van der Waals surface area (Å²) in [5, 5.41) is 12.1.